The lowest BCUT2D eigenvalue weighted by Crippen LogP contribution is -2.75. The summed E-state index contributed by atoms with van der Waals surface area (Å²) in [5.74, 6) is -0.237. The number of carbonyl (C=O) groups is 2. The first kappa shape index (κ1) is 28.5. The second kappa shape index (κ2) is 11.9. The number of hydrogen-bond acceptors (Lipinski definition) is 9. The van der Waals surface area contributed by atoms with Crippen molar-refractivity contribution in [1.82, 2.24) is 9.80 Å². The Hall–Kier alpha value is -3.63. The lowest BCUT2D eigenvalue weighted by atomic mass is 9.79. The molecule has 4 aliphatic rings. The van der Waals surface area contributed by atoms with E-state index in [9.17, 15) is 4.79 Å². The molecular weight excluding hydrogens is 532 g/mol. The van der Waals surface area contributed by atoms with Crippen LogP contribution in [0.5, 0.6) is 5.75 Å². The number of hydrazone groups is 1. The van der Waals surface area contributed by atoms with Crippen LogP contribution in [0.2, 0.25) is 0 Å². The first-order valence-electron chi connectivity index (χ1n) is 15.3. The second-order valence-corrected chi connectivity index (χ2v) is 11.6. The summed E-state index contributed by atoms with van der Waals surface area (Å²) < 4.78 is 10.9. The molecule has 0 bridgehead atoms. The average Bonchev–Trinajstić information content (AvgIpc) is 3.39. The standard InChI is InChI=1S/C32H42N6O4/c1-4-42-30(39)29-28-16-19-37(25-10-8-24(9-11-25)35-17-6-5-7-18-35)31(40)32(28,36-22-20-34(2)21-23-36)38(33-29)26-12-14-27(41-3)15-13-26/h8-15,28H,4-7,16-23H2,1-3H3. The minimum absolute atomic E-state index is 0.0621. The Morgan fingerprint density at radius 2 is 1.52 bits per heavy atom. The molecular formula is C32H42N6O4. The Morgan fingerprint density at radius 3 is 2.17 bits per heavy atom. The summed E-state index contributed by atoms with van der Waals surface area (Å²) in [5, 5.41) is 6.72. The van der Waals surface area contributed by atoms with Gasteiger partial charge in [-0.25, -0.2) is 9.80 Å². The zero-order valence-corrected chi connectivity index (χ0v) is 25.0. The topological polar surface area (TPSA) is 81.2 Å². The van der Waals surface area contributed by atoms with Gasteiger partial charge in [0.1, 0.15) is 5.75 Å². The van der Waals surface area contributed by atoms with E-state index in [1.807, 2.05) is 29.2 Å². The molecule has 0 aromatic heterocycles. The SMILES string of the molecule is CCOC(=O)C1=NN(c2ccc(OC)cc2)C2(N3CCN(C)CC3)C(=O)N(c3ccc(N4CCCCC4)cc3)CCC12. The number of fused-ring (bicyclic) bond motifs is 1. The highest BCUT2D eigenvalue weighted by molar-refractivity contribution is 6.40. The van der Waals surface area contributed by atoms with Crippen LogP contribution in [0.4, 0.5) is 17.1 Å². The summed E-state index contributed by atoms with van der Waals surface area (Å²) in [6.45, 7) is 7.67. The van der Waals surface area contributed by atoms with Gasteiger partial charge in [-0.3, -0.25) is 9.69 Å². The Balaban J connectivity index is 1.42. The Labute approximate surface area is 248 Å². The molecule has 4 aliphatic heterocycles. The van der Waals surface area contributed by atoms with E-state index in [2.05, 4.69) is 46.0 Å². The quantitative estimate of drug-likeness (QED) is 0.466. The maximum absolute atomic E-state index is 15.1. The van der Waals surface area contributed by atoms with Gasteiger partial charge in [0.25, 0.3) is 5.91 Å². The van der Waals surface area contributed by atoms with Crippen molar-refractivity contribution in [2.24, 2.45) is 11.0 Å². The lowest BCUT2D eigenvalue weighted by Gasteiger charge is -2.54. The molecule has 3 fully saturated rings. The summed E-state index contributed by atoms with van der Waals surface area (Å²) in [6, 6.07) is 16.0. The molecule has 0 saturated carbocycles. The molecule has 2 aromatic carbocycles. The zero-order valence-electron chi connectivity index (χ0n) is 25.0. The second-order valence-electron chi connectivity index (χ2n) is 11.6. The largest absolute Gasteiger partial charge is 0.497 e. The van der Waals surface area contributed by atoms with Crippen LogP contribution in [0.25, 0.3) is 0 Å². The number of esters is 1. The zero-order chi connectivity index (χ0) is 29.3. The van der Waals surface area contributed by atoms with Crippen LogP contribution in [0.15, 0.2) is 53.6 Å². The molecule has 2 aromatic rings. The molecule has 1 amide bonds. The third-order valence-corrected chi connectivity index (χ3v) is 9.22. The summed E-state index contributed by atoms with van der Waals surface area (Å²) >= 11 is 0. The van der Waals surface area contributed by atoms with Crippen molar-refractivity contribution < 1.29 is 19.1 Å². The van der Waals surface area contributed by atoms with Crippen LogP contribution in [0.1, 0.15) is 32.6 Å². The molecule has 42 heavy (non-hydrogen) atoms. The van der Waals surface area contributed by atoms with Crippen LogP contribution in [0, 0.1) is 5.92 Å². The number of piperazine rings is 1. The predicted molar refractivity (Wildman–Crippen MR) is 164 cm³/mol. The highest BCUT2D eigenvalue weighted by Gasteiger charge is 2.65. The van der Waals surface area contributed by atoms with Crippen LogP contribution < -0.4 is 19.5 Å². The molecule has 0 radical (unpaired) electrons. The average molecular weight is 575 g/mol. The third kappa shape index (κ3) is 4.90. The molecule has 4 heterocycles. The Morgan fingerprint density at radius 1 is 0.881 bits per heavy atom. The highest BCUT2D eigenvalue weighted by Crippen LogP contribution is 2.47. The normalized spacial score (nSPS) is 25.3. The molecule has 6 rings (SSSR count). The summed E-state index contributed by atoms with van der Waals surface area (Å²) in [6.07, 6.45) is 4.31. The van der Waals surface area contributed by atoms with Crippen molar-refractivity contribution in [2.75, 3.05) is 81.4 Å². The number of rotatable bonds is 7. The van der Waals surface area contributed by atoms with E-state index in [1.54, 1.807) is 19.0 Å². The summed E-state index contributed by atoms with van der Waals surface area (Å²) in [5.41, 5.74) is 1.92. The van der Waals surface area contributed by atoms with Crippen molar-refractivity contribution in [3.8, 4) is 5.75 Å². The minimum atomic E-state index is -1.19. The molecule has 0 N–H and O–H groups in total. The van der Waals surface area contributed by atoms with Crippen molar-refractivity contribution in [1.29, 1.82) is 0 Å². The van der Waals surface area contributed by atoms with Gasteiger partial charge < -0.3 is 24.2 Å². The lowest BCUT2D eigenvalue weighted by molar-refractivity contribution is -0.138. The van der Waals surface area contributed by atoms with Crippen molar-refractivity contribution in [3.63, 3.8) is 0 Å². The smallest absolute Gasteiger partial charge is 0.354 e. The molecule has 0 aliphatic carbocycles. The minimum Gasteiger partial charge on any atom is -0.497 e. The van der Waals surface area contributed by atoms with E-state index in [1.165, 1.54) is 24.9 Å². The number of amides is 1. The monoisotopic (exact) mass is 574 g/mol. The van der Waals surface area contributed by atoms with Crippen molar-refractivity contribution >= 4 is 34.7 Å². The van der Waals surface area contributed by atoms with Gasteiger partial charge in [0.2, 0.25) is 5.66 Å². The number of anilines is 3. The fourth-order valence-electron chi connectivity index (χ4n) is 6.97. The molecule has 2 atom stereocenters. The van der Waals surface area contributed by atoms with Crippen LogP contribution in [-0.4, -0.2) is 99.6 Å². The molecule has 2 unspecified atom stereocenters. The predicted octanol–water partition coefficient (Wildman–Crippen LogP) is 3.42. The number of nitrogens with zero attached hydrogens (tertiary/aromatic N) is 6. The summed E-state index contributed by atoms with van der Waals surface area (Å²) in [7, 11) is 3.73. The molecule has 224 valence electrons. The van der Waals surface area contributed by atoms with Gasteiger partial charge in [0.05, 0.1) is 25.3 Å². The van der Waals surface area contributed by atoms with Crippen LogP contribution >= 0.6 is 0 Å². The maximum Gasteiger partial charge on any atom is 0.354 e. The van der Waals surface area contributed by atoms with Crippen molar-refractivity contribution in [3.05, 3.63) is 48.5 Å². The van der Waals surface area contributed by atoms with E-state index in [0.717, 1.165) is 37.6 Å². The Bertz CT molecular complexity index is 1300. The number of hydrogen-bond donors (Lipinski definition) is 0. The number of piperidine rings is 2. The number of benzene rings is 2. The third-order valence-electron chi connectivity index (χ3n) is 9.22. The number of ether oxygens (including phenoxy) is 2. The highest BCUT2D eigenvalue weighted by atomic mass is 16.5. The van der Waals surface area contributed by atoms with E-state index >= 15 is 4.79 Å². The van der Waals surface area contributed by atoms with E-state index in [4.69, 9.17) is 14.6 Å². The first-order valence-corrected chi connectivity index (χ1v) is 15.3. The first-order chi connectivity index (χ1) is 20.5. The maximum atomic E-state index is 15.1. The van der Waals surface area contributed by atoms with E-state index < -0.39 is 17.6 Å². The molecule has 10 heteroatoms. The van der Waals surface area contributed by atoms with Gasteiger partial charge >= 0.3 is 5.97 Å². The van der Waals surface area contributed by atoms with Gasteiger partial charge in [-0.2, -0.15) is 5.10 Å². The molecule has 10 nitrogen and oxygen atoms in total. The van der Waals surface area contributed by atoms with E-state index in [-0.39, 0.29) is 12.5 Å². The van der Waals surface area contributed by atoms with Gasteiger partial charge in [-0.05, 0) is 88.2 Å². The van der Waals surface area contributed by atoms with Gasteiger partial charge in [0, 0.05) is 57.2 Å². The number of likely N-dealkylation sites (N-methyl/N-ethyl adjacent to an activating group) is 1. The van der Waals surface area contributed by atoms with Crippen LogP contribution in [0.3, 0.4) is 0 Å². The van der Waals surface area contributed by atoms with Crippen molar-refractivity contribution in [2.45, 2.75) is 38.3 Å². The number of methoxy groups -OCH3 is 1. The molecule has 0 spiro atoms. The van der Waals surface area contributed by atoms with Crippen LogP contribution in [-0.2, 0) is 14.3 Å². The van der Waals surface area contributed by atoms with Gasteiger partial charge in [-0.1, -0.05) is 0 Å². The van der Waals surface area contributed by atoms with Gasteiger partial charge in [0.15, 0.2) is 5.71 Å². The van der Waals surface area contributed by atoms with E-state index in [0.29, 0.717) is 37.5 Å². The fraction of sp³-hybridized carbons (Fsp3) is 0.531. The fourth-order valence-corrected chi connectivity index (χ4v) is 6.97. The Kier molecular flexibility index (Phi) is 8.09. The summed E-state index contributed by atoms with van der Waals surface area (Å²) in [4.78, 5) is 37.3. The van der Waals surface area contributed by atoms with Gasteiger partial charge in [-0.15, -0.1) is 0 Å². The number of carbonyl (C=O) groups excluding carboxylic acids is 2. The molecule has 3 saturated heterocycles.